The maximum Gasteiger partial charge on any atom is 0.270 e. The minimum Gasteiger partial charge on any atom is -0.490 e. The first kappa shape index (κ1) is 13.1. The molecule has 6 heteroatoms. The molecule has 90 valence electrons. The topological polar surface area (TPSA) is 70.1 Å². The van der Waals surface area contributed by atoms with Crippen molar-refractivity contribution in [1.82, 2.24) is 9.78 Å². The summed E-state index contributed by atoms with van der Waals surface area (Å²) in [6, 6.07) is 1.44. The molecule has 0 aliphatic rings. The van der Waals surface area contributed by atoms with E-state index < -0.39 is 0 Å². The molecule has 0 saturated carbocycles. The molecule has 16 heavy (non-hydrogen) atoms. The second-order valence-electron chi connectivity index (χ2n) is 3.09. The molecule has 0 saturated heterocycles. The Hall–Kier alpha value is -1.01. The summed E-state index contributed by atoms with van der Waals surface area (Å²) < 4.78 is 6.65. The van der Waals surface area contributed by atoms with Crippen LogP contribution in [0.5, 0.6) is 5.75 Å². The Labute approximate surface area is 99.0 Å². The Morgan fingerprint density at radius 3 is 3.06 bits per heavy atom. The average molecular weight is 243 g/mol. The van der Waals surface area contributed by atoms with Gasteiger partial charge in [0.2, 0.25) is 0 Å². The van der Waals surface area contributed by atoms with Crippen LogP contribution in [0.2, 0.25) is 0 Å². The molecule has 1 aromatic rings. The Balaban J connectivity index is 2.57. The molecule has 0 aromatic carbocycles. The van der Waals surface area contributed by atoms with Crippen molar-refractivity contribution in [1.29, 1.82) is 0 Å². The van der Waals surface area contributed by atoms with Crippen molar-refractivity contribution < 1.29 is 4.74 Å². The zero-order valence-corrected chi connectivity index (χ0v) is 10.2. The molecule has 0 spiro atoms. The summed E-state index contributed by atoms with van der Waals surface area (Å²) in [7, 11) is 0. The predicted octanol–water partition coefficient (Wildman–Crippen LogP) is 0.334. The molecule has 0 atom stereocenters. The molecule has 5 nitrogen and oxygen atoms in total. The van der Waals surface area contributed by atoms with Gasteiger partial charge in [0.25, 0.3) is 5.56 Å². The summed E-state index contributed by atoms with van der Waals surface area (Å²) in [5.41, 5.74) is 5.16. The molecule has 0 amide bonds. The van der Waals surface area contributed by atoms with Crippen LogP contribution < -0.4 is 16.0 Å². The van der Waals surface area contributed by atoms with Gasteiger partial charge in [0.05, 0.1) is 12.7 Å². The van der Waals surface area contributed by atoms with Crippen LogP contribution in [0.1, 0.15) is 6.92 Å². The molecule has 1 rings (SSSR count). The summed E-state index contributed by atoms with van der Waals surface area (Å²) in [5.74, 6) is 2.42. The number of aryl methyl sites for hydroxylation is 1. The fraction of sp³-hybridized carbons (Fsp3) is 0.600. The first-order chi connectivity index (χ1) is 7.77. The Bertz CT molecular complexity index is 367. The van der Waals surface area contributed by atoms with Crippen molar-refractivity contribution in [3.63, 3.8) is 0 Å². The summed E-state index contributed by atoms with van der Waals surface area (Å²) in [6.45, 7) is 3.55. The third kappa shape index (κ3) is 4.24. The SMILES string of the molecule is CCSCCn1ncc(OCCN)cc1=O. The van der Waals surface area contributed by atoms with Crippen LogP contribution in [0, 0.1) is 0 Å². The number of hydrogen-bond acceptors (Lipinski definition) is 5. The van der Waals surface area contributed by atoms with Crippen LogP contribution in [0.25, 0.3) is 0 Å². The first-order valence-electron chi connectivity index (χ1n) is 5.25. The quantitative estimate of drug-likeness (QED) is 0.699. The number of hydrogen-bond donors (Lipinski definition) is 1. The van der Waals surface area contributed by atoms with E-state index in [9.17, 15) is 4.79 Å². The highest BCUT2D eigenvalue weighted by Gasteiger charge is 2.00. The molecule has 0 bridgehead atoms. The normalized spacial score (nSPS) is 10.4. The van der Waals surface area contributed by atoms with Crippen molar-refractivity contribution in [3.05, 3.63) is 22.6 Å². The van der Waals surface area contributed by atoms with Gasteiger partial charge in [-0.15, -0.1) is 0 Å². The second kappa shape index (κ2) is 7.29. The average Bonchev–Trinajstić information content (AvgIpc) is 2.29. The zero-order valence-electron chi connectivity index (χ0n) is 9.39. The number of nitrogens with two attached hydrogens (primary N) is 1. The van der Waals surface area contributed by atoms with E-state index in [1.54, 1.807) is 18.0 Å². The van der Waals surface area contributed by atoms with Gasteiger partial charge in [0.1, 0.15) is 12.4 Å². The molecule has 2 N–H and O–H groups in total. The van der Waals surface area contributed by atoms with Gasteiger partial charge in [0.15, 0.2) is 0 Å². The molecule has 0 aliphatic heterocycles. The van der Waals surface area contributed by atoms with Crippen molar-refractivity contribution in [2.75, 3.05) is 24.7 Å². The zero-order chi connectivity index (χ0) is 11.8. The Morgan fingerprint density at radius 1 is 1.62 bits per heavy atom. The van der Waals surface area contributed by atoms with Crippen LogP contribution in [-0.4, -0.2) is 34.4 Å². The van der Waals surface area contributed by atoms with E-state index >= 15 is 0 Å². The van der Waals surface area contributed by atoms with Gasteiger partial charge < -0.3 is 10.5 Å². The molecule has 1 aromatic heterocycles. The third-order valence-corrected chi connectivity index (χ3v) is 2.76. The maximum atomic E-state index is 11.6. The van der Waals surface area contributed by atoms with E-state index in [0.717, 1.165) is 11.5 Å². The number of rotatable bonds is 7. The summed E-state index contributed by atoms with van der Waals surface area (Å²) in [4.78, 5) is 11.6. The molecule has 0 fully saturated rings. The van der Waals surface area contributed by atoms with Crippen molar-refractivity contribution in [2.24, 2.45) is 5.73 Å². The Morgan fingerprint density at radius 2 is 2.44 bits per heavy atom. The number of nitrogens with zero attached hydrogens (tertiary/aromatic N) is 2. The molecular formula is C10H17N3O2S. The van der Waals surface area contributed by atoms with Gasteiger partial charge in [-0.3, -0.25) is 4.79 Å². The van der Waals surface area contributed by atoms with E-state index in [2.05, 4.69) is 12.0 Å². The lowest BCUT2D eigenvalue weighted by atomic mass is 10.5. The van der Waals surface area contributed by atoms with Crippen LogP contribution in [-0.2, 0) is 6.54 Å². The summed E-state index contributed by atoms with van der Waals surface area (Å²) >= 11 is 1.78. The molecule has 0 unspecified atom stereocenters. The number of ether oxygens (including phenoxy) is 1. The van der Waals surface area contributed by atoms with Gasteiger partial charge >= 0.3 is 0 Å². The predicted molar refractivity (Wildman–Crippen MR) is 66.0 cm³/mol. The fourth-order valence-corrected chi connectivity index (χ4v) is 1.73. The van der Waals surface area contributed by atoms with Crippen molar-refractivity contribution in [3.8, 4) is 5.75 Å². The van der Waals surface area contributed by atoms with E-state index in [0.29, 0.717) is 25.4 Å². The van der Waals surface area contributed by atoms with E-state index in [4.69, 9.17) is 10.5 Å². The smallest absolute Gasteiger partial charge is 0.270 e. The van der Waals surface area contributed by atoms with Gasteiger partial charge in [-0.2, -0.15) is 16.9 Å². The Kier molecular flexibility index (Phi) is 5.95. The molecule has 1 heterocycles. The fourth-order valence-electron chi connectivity index (χ4n) is 1.14. The lowest BCUT2D eigenvalue weighted by molar-refractivity contribution is 0.324. The second-order valence-corrected chi connectivity index (χ2v) is 4.48. The van der Waals surface area contributed by atoms with E-state index in [1.807, 2.05) is 0 Å². The first-order valence-corrected chi connectivity index (χ1v) is 6.41. The highest BCUT2D eigenvalue weighted by Crippen LogP contribution is 2.03. The minimum atomic E-state index is -0.133. The third-order valence-electron chi connectivity index (χ3n) is 1.88. The van der Waals surface area contributed by atoms with Crippen LogP contribution >= 0.6 is 11.8 Å². The highest BCUT2D eigenvalue weighted by atomic mass is 32.2. The standard InChI is InChI=1S/C10H17N3O2S/c1-2-16-6-4-13-10(14)7-9(8-12-13)15-5-3-11/h7-8H,2-6,11H2,1H3. The van der Waals surface area contributed by atoms with Gasteiger partial charge in [-0.1, -0.05) is 6.92 Å². The van der Waals surface area contributed by atoms with Crippen molar-refractivity contribution in [2.45, 2.75) is 13.5 Å². The lowest BCUT2D eigenvalue weighted by Crippen LogP contribution is -2.23. The van der Waals surface area contributed by atoms with Crippen molar-refractivity contribution >= 4 is 11.8 Å². The van der Waals surface area contributed by atoms with Crippen LogP contribution in [0.3, 0.4) is 0 Å². The van der Waals surface area contributed by atoms with E-state index in [1.165, 1.54) is 10.7 Å². The number of aromatic nitrogens is 2. The molecular weight excluding hydrogens is 226 g/mol. The maximum absolute atomic E-state index is 11.6. The van der Waals surface area contributed by atoms with Gasteiger partial charge in [0, 0.05) is 18.4 Å². The summed E-state index contributed by atoms with van der Waals surface area (Å²) in [6.07, 6.45) is 1.55. The van der Waals surface area contributed by atoms with E-state index in [-0.39, 0.29) is 5.56 Å². The minimum absolute atomic E-state index is 0.133. The van der Waals surface area contributed by atoms with Crippen LogP contribution in [0.15, 0.2) is 17.1 Å². The largest absolute Gasteiger partial charge is 0.490 e. The molecule has 0 radical (unpaired) electrons. The number of thioether (sulfide) groups is 1. The monoisotopic (exact) mass is 243 g/mol. The highest BCUT2D eigenvalue weighted by molar-refractivity contribution is 7.99. The van der Waals surface area contributed by atoms with Gasteiger partial charge in [-0.25, -0.2) is 4.68 Å². The van der Waals surface area contributed by atoms with Crippen LogP contribution in [0.4, 0.5) is 0 Å². The molecule has 0 aliphatic carbocycles. The lowest BCUT2D eigenvalue weighted by Gasteiger charge is -2.06. The summed E-state index contributed by atoms with van der Waals surface area (Å²) in [5, 5.41) is 4.03. The van der Waals surface area contributed by atoms with Gasteiger partial charge in [-0.05, 0) is 5.75 Å².